The summed E-state index contributed by atoms with van der Waals surface area (Å²) in [5, 5.41) is 22.1. The molecule has 0 unspecified atom stereocenters. The van der Waals surface area contributed by atoms with Crippen LogP contribution in [0.25, 0.3) is 44.2 Å². The summed E-state index contributed by atoms with van der Waals surface area (Å²) in [6.45, 7) is 3.93. The number of carbonyl (C=O) groups is 1. The highest BCUT2D eigenvalue weighted by Gasteiger charge is 2.30. The Morgan fingerprint density at radius 2 is 1.00 bits per heavy atom. The van der Waals surface area contributed by atoms with Crippen LogP contribution < -0.4 is 0 Å². The first-order valence-electron chi connectivity index (χ1n) is 13.1. The van der Waals surface area contributed by atoms with Gasteiger partial charge in [0.15, 0.2) is 0 Å². The minimum absolute atomic E-state index is 0.0983. The molecule has 0 saturated heterocycles. The zero-order valence-electron chi connectivity index (χ0n) is 22.3. The van der Waals surface area contributed by atoms with Gasteiger partial charge in [-0.2, -0.15) is 0 Å². The van der Waals surface area contributed by atoms with Crippen molar-refractivity contribution in [3.63, 3.8) is 0 Å². The van der Waals surface area contributed by atoms with Gasteiger partial charge in [0.25, 0.3) is 0 Å². The fourth-order valence-corrected chi connectivity index (χ4v) is 7.79. The van der Waals surface area contributed by atoms with Gasteiger partial charge < -0.3 is 19.0 Å². The van der Waals surface area contributed by atoms with Crippen LogP contribution in [0.3, 0.4) is 0 Å². The van der Waals surface area contributed by atoms with E-state index in [1.54, 1.807) is 0 Å². The van der Waals surface area contributed by atoms with Gasteiger partial charge >= 0.3 is 0 Å². The molecule has 2 aromatic heterocycles. The molecule has 5 nitrogen and oxygen atoms in total. The Labute approximate surface area is 275 Å². The highest BCUT2D eigenvalue weighted by Crippen LogP contribution is 2.45. The Kier molecular flexibility index (Phi) is 7.89. The van der Waals surface area contributed by atoms with Crippen molar-refractivity contribution < 1.29 is 23.8 Å². The first-order valence-corrected chi connectivity index (χ1v) is 16.3. The van der Waals surface area contributed by atoms with Crippen molar-refractivity contribution in [2.24, 2.45) is 0 Å². The second-order valence-electron chi connectivity index (χ2n) is 9.77. The third kappa shape index (κ3) is 4.75. The average Bonchev–Trinajstić information content (AvgIpc) is 3.56. The van der Waals surface area contributed by atoms with E-state index in [1.165, 1.54) is 0 Å². The fourth-order valence-electron chi connectivity index (χ4n) is 5.42. The minimum atomic E-state index is -0.185. The summed E-state index contributed by atoms with van der Waals surface area (Å²) in [6, 6.07) is 18.7. The molecule has 4 aromatic carbocycles. The minimum Gasteiger partial charge on any atom is -0.506 e. The molecule has 212 valence electrons. The van der Waals surface area contributed by atoms with Crippen LogP contribution in [-0.2, 0) is 12.8 Å². The average molecular weight is 818 g/mol. The molecule has 0 atom stereocenters. The van der Waals surface area contributed by atoms with E-state index < -0.39 is 0 Å². The highest BCUT2D eigenvalue weighted by molar-refractivity contribution is 9.11. The van der Waals surface area contributed by atoms with Crippen molar-refractivity contribution in [3.8, 4) is 33.8 Å². The topological polar surface area (TPSA) is 83.8 Å². The molecular formula is C33H22Br4O5. The fraction of sp³-hybridized carbons (Fsp3) is 0.121. The molecule has 9 heteroatoms. The molecule has 2 N–H and O–H groups in total. The largest absolute Gasteiger partial charge is 0.506 e. The molecule has 0 aliphatic heterocycles. The number of fused-ring (bicyclic) bond motifs is 2. The molecule has 0 radical (unpaired) electrons. The lowest BCUT2D eigenvalue weighted by molar-refractivity contribution is 0.103. The summed E-state index contributed by atoms with van der Waals surface area (Å²) < 4.78 is 14.7. The van der Waals surface area contributed by atoms with Crippen molar-refractivity contribution in [2.45, 2.75) is 26.7 Å². The second-order valence-corrected chi connectivity index (χ2v) is 13.2. The molecule has 2 heterocycles. The third-order valence-electron chi connectivity index (χ3n) is 7.33. The first-order chi connectivity index (χ1) is 20.1. The van der Waals surface area contributed by atoms with Crippen LogP contribution in [0, 0.1) is 0 Å². The number of aryl methyl sites for hydroxylation is 2. The SMILES string of the molecule is CCc1oc2cccc(-c3cc(Br)c(O)c(Br)c3)c2c1C(=O)c1c(CC)oc2cccc(-c3cc(Br)c(O)c(Br)c3)c12. The molecule has 42 heavy (non-hydrogen) atoms. The van der Waals surface area contributed by atoms with Gasteiger partial charge in [-0.05, 0) is 122 Å². The van der Waals surface area contributed by atoms with Crippen molar-refractivity contribution in [3.05, 3.63) is 101 Å². The molecule has 0 aliphatic rings. The van der Waals surface area contributed by atoms with Crippen LogP contribution in [0.4, 0.5) is 0 Å². The van der Waals surface area contributed by atoms with E-state index >= 15 is 0 Å². The summed E-state index contributed by atoms with van der Waals surface area (Å²) in [5.74, 6) is 1.18. The monoisotopic (exact) mass is 814 g/mol. The Bertz CT molecular complexity index is 1860. The predicted molar refractivity (Wildman–Crippen MR) is 180 cm³/mol. The van der Waals surface area contributed by atoms with Crippen LogP contribution in [0.5, 0.6) is 11.5 Å². The zero-order chi connectivity index (χ0) is 29.9. The molecule has 0 spiro atoms. The van der Waals surface area contributed by atoms with Gasteiger partial charge in [0.2, 0.25) is 5.78 Å². The van der Waals surface area contributed by atoms with Gasteiger partial charge in [0.05, 0.1) is 29.0 Å². The van der Waals surface area contributed by atoms with E-state index in [0.717, 1.165) is 22.3 Å². The van der Waals surface area contributed by atoms with Gasteiger partial charge in [-0.1, -0.05) is 38.1 Å². The maximum absolute atomic E-state index is 14.9. The van der Waals surface area contributed by atoms with Gasteiger partial charge in [0, 0.05) is 23.6 Å². The van der Waals surface area contributed by atoms with Gasteiger partial charge in [-0.25, -0.2) is 0 Å². The molecule has 0 fully saturated rings. The van der Waals surface area contributed by atoms with E-state index in [4.69, 9.17) is 8.83 Å². The van der Waals surface area contributed by atoms with Gasteiger partial charge in [0.1, 0.15) is 34.2 Å². The lowest BCUT2D eigenvalue weighted by Gasteiger charge is -2.11. The number of aromatic hydroxyl groups is 2. The van der Waals surface area contributed by atoms with Gasteiger partial charge in [-0.15, -0.1) is 0 Å². The number of hydrogen-bond donors (Lipinski definition) is 2. The molecule has 0 aliphatic carbocycles. The molecule has 0 bridgehead atoms. The zero-order valence-corrected chi connectivity index (χ0v) is 28.7. The maximum atomic E-state index is 14.9. The lowest BCUT2D eigenvalue weighted by Crippen LogP contribution is -2.06. The molecular weight excluding hydrogens is 796 g/mol. The van der Waals surface area contributed by atoms with Crippen molar-refractivity contribution >= 4 is 91.4 Å². The summed E-state index contributed by atoms with van der Waals surface area (Å²) in [6.07, 6.45) is 1.03. The summed E-state index contributed by atoms with van der Waals surface area (Å²) >= 11 is 13.8. The summed E-state index contributed by atoms with van der Waals surface area (Å²) in [4.78, 5) is 14.9. The number of phenolic OH excluding ortho intramolecular Hbond substituents is 2. The number of furan rings is 2. The summed E-state index contributed by atoms with van der Waals surface area (Å²) in [7, 11) is 0. The number of benzene rings is 4. The van der Waals surface area contributed by atoms with Crippen LogP contribution in [0.1, 0.15) is 41.3 Å². The quantitative estimate of drug-likeness (QED) is 0.164. The molecule has 6 aromatic rings. The molecule has 0 amide bonds. The van der Waals surface area contributed by atoms with Crippen LogP contribution in [0.2, 0.25) is 0 Å². The lowest BCUT2D eigenvalue weighted by atomic mass is 9.90. The van der Waals surface area contributed by atoms with Crippen molar-refractivity contribution in [1.29, 1.82) is 0 Å². The second kappa shape index (κ2) is 11.3. The van der Waals surface area contributed by atoms with Crippen LogP contribution in [0.15, 0.2) is 87.4 Å². The summed E-state index contributed by atoms with van der Waals surface area (Å²) in [5.41, 5.74) is 5.41. The van der Waals surface area contributed by atoms with E-state index in [-0.39, 0.29) is 17.3 Å². The number of phenols is 2. The number of hydrogen-bond acceptors (Lipinski definition) is 5. The van der Waals surface area contributed by atoms with Crippen LogP contribution in [-0.4, -0.2) is 16.0 Å². The maximum Gasteiger partial charge on any atom is 0.201 e. The van der Waals surface area contributed by atoms with Crippen molar-refractivity contribution in [2.75, 3.05) is 0 Å². The molecule has 0 saturated carbocycles. The normalized spacial score (nSPS) is 11.6. The van der Waals surface area contributed by atoms with E-state index in [9.17, 15) is 15.0 Å². The Balaban J connectivity index is 1.66. The predicted octanol–water partition coefficient (Wildman–Crippen LogP) is 11.3. The van der Waals surface area contributed by atoms with E-state index in [0.29, 0.717) is 75.3 Å². The highest BCUT2D eigenvalue weighted by atomic mass is 79.9. The van der Waals surface area contributed by atoms with E-state index in [2.05, 4.69) is 63.7 Å². The number of carbonyl (C=O) groups excluding carboxylic acids is 1. The van der Waals surface area contributed by atoms with Crippen LogP contribution >= 0.6 is 63.7 Å². The van der Waals surface area contributed by atoms with Gasteiger partial charge in [-0.3, -0.25) is 4.79 Å². The van der Waals surface area contributed by atoms with E-state index in [1.807, 2.05) is 74.5 Å². The Morgan fingerprint density at radius 1 is 0.643 bits per heavy atom. The van der Waals surface area contributed by atoms with Crippen molar-refractivity contribution in [1.82, 2.24) is 0 Å². The first kappa shape index (κ1) is 29.2. The standard InChI is InChI=1S/C33H22Br4O5/c1-3-23-29(27-17(7-5-9-25(27)41-23)15-11-19(34)31(38)20(35)12-15)33(40)30-24(4-2)42-26-10-6-8-18(28(26)30)16-13-21(36)32(39)22(37)14-16/h5-14,38-39H,3-4H2,1-2H3. The smallest absolute Gasteiger partial charge is 0.201 e. The Hall–Kier alpha value is -2.85. The number of rotatable bonds is 6. The molecule has 6 rings (SSSR count). The number of halogens is 4. The Morgan fingerprint density at radius 3 is 1.33 bits per heavy atom. The third-order valence-corrected chi connectivity index (χ3v) is 9.75. The number of ketones is 1.